The lowest BCUT2D eigenvalue weighted by atomic mass is 10.7. The summed E-state index contributed by atoms with van der Waals surface area (Å²) in [4.78, 5) is 6.62. The van der Waals surface area contributed by atoms with Gasteiger partial charge in [-0.05, 0) is 22.6 Å². The quantitative estimate of drug-likeness (QED) is 0.499. The number of halogens is 1. The molecule has 0 amide bonds. The maximum absolute atomic E-state index is 5.29. The molecule has 0 atom stereocenters. The van der Waals surface area contributed by atoms with Crippen molar-refractivity contribution in [1.29, 1.82) is 0 Å². The molecule has 1 rings (SSSR count). The van der Waals surface area contributed by atoms with Crippen molar-refractivity contribution in [3.63, 3.8) is 0 Å². The second-order valence-corrected chi connectivity index (χ2v) is 2.40. The van der Waals surface area contributed by atoms with Gasteiger partial charge in [-0.15, -0.1) is 0 Å². The van der Waals surface area contributed by atoms with Crippen LogP contribution in [-0.2, 0) is 0 Å². The lowest BCUT2D eigenvalue weighted by Gasteiger charge is -1.79. The largest absolute Gasteiger partial charge is 0.387 e. The van der Waals surface area contributed by atoms with Crippen LogP contribution in [0.2, 0.25) is 0 Å². The summed E-state index contributed by atoms with van der Waals surface area (Å²) in [7, 11) is 0. The molecule has 1 heterocycles. The highest BCUT2D eigenvalue weighted by Crippen LogP contribution is 1.95. The van der Waals surface area contributed by atoms with Crippen LogP contribution in [0.25, 0.3) is 0 Å². The van der Waals surface area contributed by atoms with E-state index in [4.69, 9.17) is 5.73 Å². The van der Waals surface area contributed by atoms with Crippen LogP contribution in [0.3, 0.4) is 0 Å². The number of aromatic amines is 1. The summed E-state index contributed by atoms with van der Waals surface area (Å²) < 4.78 is 0.902. The van der Waals surface area contributed by atoms with Crippen molar-refractivity contribution in [3.8, 4) is 0 Å². The summed E-state index contributed by atoms with van der Waals surface area (Å²) in [5.74, 6) is 0.455. The van der Waals surface area contributed by atoms with Gasteiger partial charge >= 0.3 is 5.95 Å². The first-order valence-electron chi connectivity index (χ1n) is 2.09. The fourth-order valence-electron chi connectivity index (χ4n) is 0.380. The van der Waals surface area contributed by atoms with Crippen molar-refractivity contribution in [2.45, 2.75) is 0 Å². The first-order chi connectivity index (χ1) is 3.79. The molecular formula is C4H5IN3+. The summed E-state index contributed by atoms with van der Waals surface area (Å²) in [6.07, 6.45) is 1.75. The van der Waals surface area contributed by atoms with Gasteiger partial charge in [-0.2, -0.15) is 0 Å². The Morgan fingerprint density at radius 3 is 2.88 bits per heavy atom. The third-order valence-corrected chi connectivity index (χ3v) is 1.28. The van der Waals surface area contributed by atoms with Gasteiger partial charge < -0.3 is 0 Å². The number of hydrogen-bond donors (Lipinski definition) is 1. The van der Waals surface area contributed by atoms with Gasteiger partial charge in [0.2, 0.25) is 0 Å². The van der Waals surface area contributed by atoms with Gasteiger partial charge in [0.05, 0.1) is 6.20 Å². The van der Waals surface area contributed by atoms with Crippen LogP contribution >= 0.6 is 22.6 Å². The minimum absolute atomic E-state index is 0.455. The van der Waals surface area contributed by atoms with E-state index in [9.17, 15) is 0 Å². The Morgan fingerprint density at radius 1 is 1.75 bits per heavy atom. The number of aromatic nitrogens is 2. The molecule has 0 aliphatic rings. The molecule has 42 valence electrons. The molecule has 0 spiro atoms. The average Bonchev–Trinajstić information content (AvgIpc) is 1.64. The zero-order valence-corrected chi connectivity index (χ0v) is 6.21. The molecule has 0 aliphatic carbocycles. The molecule has 0 aromatic carbocycles. The lowest BCUT2D eigenvalue weighted by molar-refractivity contribution is -0.364. The molecule has 8 heavy (non-hydrogen) atoms. The van der Waals surface area contributed by atoms with E-state index < -0.39 is 0 Å². The Kier molecular flexibility index (Phi) is 1.62. The summed E-state index contributed by atoms with van der Waals surface area (Å²) in [5, 5.41) is 0. The number of nitrogens with zero attached hydrogens (tertiary/aromatic N) is 1. The van der Waals surface area contributed by atoms with Gasteiger partial charge in [0.15, 0.2) is 3.70 Å². The van der Waals surface area contributed by atoms with Crippen LogP contribution < -0.4 is 10.7 Å². The fourth-order valence-corrected chi connectivity index (χ4v) is 0.820. The normalized spacial score (nSPS) is 9.12. The van der Waals surface area contributed by atoms with Crippen molar-refractivity contribution < 1.29 is 4.98 Å². The molecule has 0 radical (unpaired) electrons. The average molecular weight is 222 g/mol. The third-order valence-electron chi connectivity index (χ3n) is 0.679. The fraction of sp³-hybridized carbons (Fsp3) is 0. The Labute approximate surface area is 60.5 Å². The van der Waals surface area contributed by atoms with Crippen LogP contribution in [-0.4, -0.2) is 4.98 Å². The van der Waals surface area contributed by atoms with Gasteiger partial charge in [0.25, 0.3) is 0 Å². The maximum atomic E-state index is 5.29. The standard InChI is InChI=1S/C4H4IN3/c5-3-1-2-7-4(6)8-3/h1-2H,(H2,6,7,8)/p+1. The van der Waals surface area contributed by atoms with Gasteiger partial charge in [-0.25, -0.2) is 4.98 Å². The van der Waals surface area contributed by atoms with Gasteiger partial charge in [-0.1, -0.05) is 4.98 Å². The van der Waals surface area contributed by atoms with Crippen molar-refractivity contribution in [2.75, 3.05) is 5.73 Å². The van der Waals surface area contributed by atoms with Crippen molar-refractivity contribution in [2.24, 2.45) is 0 Å². The molecule has 3 N–H and O–H groups in total. The van der Waals surface area contributed by atoms with Crippen LogP contribution in [0, 0.1) is 3.70 Å². The van der Waals surface area contributed by atoms with Crippen molar-refractivity contribution >= 4 is 28.5 Å². The molecule has 1 aromatic heterocycles. The smallest absolute Gasteiger partial charge is 0.287 e. The Bertz CT molecular complexity index is 171. The van der Waals surface area contributed by atoms with E-state index in [1.807, 2.05) is 6.07 Å². The number of H-pyrrole nitrogens is 1. The molecule has 3 nitrogen and oxygen atoms in total. The van der Waals surface area contributed by atoms with Gasteiger partial charge in [0, 0.05) is 6.07 Å². The van der Waals surface area contributed by atoms with Crippen molar-refractivity contribution in [1.82, 2.24) is 4.98 Å². The van der Waals surface area contributed by atoms with E-state index in [0.717, 1.165) is 3.70 Å². The first kappa shape index (κ1) is 5.74. The van der Waals surface area contributed by atoms with Gasteiger partial charge in [0.1, 0.15) is 0 Å². The Balaban J connectivity index is 3.08. The third kappa shape index (κ3) is 1.29. The molecule has 1 aromatic rings. The minimum Gasteiger partial charge on any atom is -0.287 e. The van der Waals surface area contributed by atoms with Crippen LogP contribution in [0.5, 0.6) is 0 Å². The van der Waals surface area contributed by atoms with Crippen LogP contribution in [0.1, 0.15) is 0 Å². The molecule has 4 heteroatoms. The highest BCUT2D eigenvalue weighted by molar-refractivity contribution is 14.1. The van der Waals surface area contributed by atoms with E-state index >= 15 is 0 Å². The van der Waals surface area contributed by atoms with E-state index in [1.54, 1.807) is 6.20 Å². The summed E-state index contributed by atoms with van der Waals surface area (Å²) in [6.45, 7) is 0. The predicted octanol–water partition coefficient (Wildman–Crippen LogP) is 0.0825. The predicted molar refractivity (Wildman–Crippen MR) is 37.9 cm³/mol. The van der Waals surface area contributed by atoms with Gasteiger partial charge in [-0.3, -0.25) is 5.73 Å². The van der Waals surface area contributed by atoms with E-state index in [-0.39, 0.29) is 0 Å². The Hall–Kier alpha value is -0.390. The lowest BCUT2D eigenvalue weighted by Crippen LogP contribution is -2.11. The number of nitrogen functional groups attached to an aromatic ring is 1. The number of anilines is 1. The highest BCUT2D eigenvalue weighted by Gasteiger charge is 1.94. The monoisotopic (exact) mass is 222 g/mol. The summed E-state index contributed by atoms with van der Waals surface area (Å²) >= 11 is 2.09. The second-order valence-electron chi connectivity index (χ2n) is 1.30. The maximum Gasteiger partial charge on any atom is 0.387 e. The highest BCUT2D eigenvalue weighted by atomic mass is 127. The molecule has 0 fully saturated rings. The first-order valence-corrected chi connectivity index (χ1v) is 3.16. The summed E-state index contributed by atoms with van der Waals surface area (Å²) in [6, 6.07) is 1.84. The molecule has 0 saturated carbocycles. The van der Waals surface area contributed by atoms with E-state index in [0.29, 0.717) is 5.95 Å². The zero-order valence-electron chi connectivity index (χ0n) is 4.06. The topological polar surface area (TPSA) is 53.0 Å². The molecule has 0 bridgehead atoms. The molecular weight excluding hydrogens is 217 g/mol. The molecule has 0 unspecified atom stereocenters. The number of nitrogens with two attached hydrogens (primary N) is 1. The van der Waals surface area contributed by atoms with Crippen LogP contribution in [0.4, 0.5) is 5.95 Å². The molecule has 0 aliphatic heterocycles. The zero-order chi connectivity index (χ0) is 5.98. The Morgan fingerprint density at radius 2 is 2.50 bits per heavy atom. The SMILES string of the molecule is Nc1nc(I)cc[nH+]1. The summed E-state index contributed by atoms with van der Waals surface area (Å²) in [5.41, 5.74) is 5.29. The number of nitrogens with one attached hydrogen (secondary N) is 1. The minimum atomic E-state index is 0.455. The van der Waals surface area contributed by atoms with E-state index in [1.165, 1.54) is 0 Å². The van der Waals surface area contributed by atoms with Crippen molar-refractivity contribution in [3.05, 3.63) is 16.0 Å². The number of hydrogen-bond acceptors (Lipinski definition) is 2. The number of rotatable bonds is 0. The molecule has 0 saturated heterocycles. The second kappa shape index (κ2) is 2.25. The van der Waals surface area contributed by atoms with Crippen LogP contribution in [0.15, 0.2) is 12.3 Å². The van der Waals surface area contributed by atoms with E-state index in [2.05, 4.69) is 32.6 Å².